The average Bonchev–Trinajstić information content (AvgIpc) is 2.65. The van der Waals surface area contributed by atoms with Gasteiger partial charge in [-0.3, -0.25) is 4.79 Å². The largest absolute Gasteiger partial charge is 0.495 e. The van der Waals surface area contributed by atoms with Crippen LogP contribution in [0, 0.1) is 0 Å². The Balaban J connectivity index is 2.25. The highest BCUT2D eigenvalue weighted by atomic mass is 32.2. The number of methoxy groups -OCH3 is 1. The summed E-state index contributed by atoms with van der Waals surface area (Å²) >= 11 is 0. The maximum absolute atomic E-state index is 13.2. The Morgan fingerprint density at radius 3 is 2.61 bits per heavy atom. The molecule has 1 aliphatic rings. The van der Waals surface area contributed by atoms with Gasteiger partial charge in [-0.2, -0.15) is 4.31 Å². The Kier molecular flexibility index (Phi) is 7.42. The first-order chi connectivity index (χ1) is 13.2. The zero-order chi connectivity index (χ0) is 20.9. The second-order valence-electron chi connectivity index (χ2n) is 7.12. The summed E-state index contributed by atoms with van der Waals surface area (Å²) in [5.74, 6) is -1.04. The molecule has 0 unspecified atom stereocenters. The lowest BCUT2D eigenvalue weighted by molar-refractivity contribution is -0.124. The number of hydrogen-bond donors (Lipinski definition) is 1. The lowest BCUT2D eigenvalue weighted by Gasteiger charge is -2.32. The molecule has 0 aromatic heterocycles. The van der Waals surface area contributed by atoms with E-state index < -0.39 is 28.5 Å². The molecule has 1 aromatic rings. The van der Waals surface area contributed by atoms with Gasteiger partial charge >= 0.3 is 5.97 Å². The van der Waals surface area contributed by atoms with Gasteiger partial charge in [0.15, 0.2) is 6.61 Å². The molecular weight excluding hydrogens is 384 g/mol. The van der Waals surface area contributed by atoms with Crippen LogP contribution in [0.3, 0.4) is 0 Å². The van der Waals surface area contributed by atoms with Gasteiger partial charge in [0.05, 0.1) is 12.7 Å². The Labute approximate surface area is 166 Å². The third-order valence-corrected chi connectivity index (χ3v) is 6.55. The molecule has 0 bridgehead atoms. The monoisotopic (exact) mass is 412 g/mol. The molecule has 1 aliphatic heterocycles. The molecule has 1 saturated heterocycles. The molecule has 156 valence electrons. The zero-order valence-corrected chi connectivity index (χ0v) is 17.5. The first kappa shape index (κ1) is 22.2. The van der Waals surface area contributed by atoms with Gasteiger partial charge in [-0.05, 0) is 51.8 Å². The fourth-order valence-electron chi connectivity index (χ4n) is 3.14. The second kappa shape index (κ2) is 9.38. The van der Waals surface area contributed by atoms with Gasteiger partial charge in [0.1, 0.15) is 10.6 Å². The van der Waals surface area contributed by atoms with Crippen molar-refractivity contribution in [1.29, 1.82) is 0 Å². The number of carbonyl (C=O) groups is 2. The van der Waals surface area contributed by atoms with Gasteiger partial charge < -0.3 is 14.8 Å². The van der Waals surface area contributed by atoms with Crippen LogP contribution in [0.4, 0.5) is 0 Å². The van der Waals surface area contributed by atoms with Crippen LogP contribution in [-0.2, 0) is 19.6 Å². The Morgan fingerprint density at radius 2 is 2.00 bits per heavy atom. The predicted octanol–water partition coefficient (Wildman–Crippen LogP) is 1.94. The van der Waals surface area contributed by atoms with Crippen molar-refractivity contribution in [3.05, 3.63) is 23.8 Å². The van der Waals surface area contributed by atoms with E-state index in [0.717, 1.165) is 19.3 Å². The van der Waals surface area contributed by atoms with Crippen LogP contribution in [0.2, 0.25) is 0 Å². The maximum Gasteiger partial charge on any atom is 0.338 e. The SMILES string of the molecule is COc1ccc(C(=O)OCC(=O)NC(C)C)cc1S(=O)(=O)N1CCCC[C@@H]1C. The summed E-state index contributed by atoms with van der Waals surface area (Å²) in [6, 6.07) is 3.89. The smallest absolute Gasteiger partial charge is 0.338 e. The number of hydrogen-bond acceptors (Lipinski definition) is 6. The van der Waals surface area contributed by atoms with Gasteiger partial charge in [0.25, 0.3) is 5.91 Å². The first-order valence-electron chi connectivity index (χ1n) is 9.33. The third-order valence-electron chi connectivity index (χ3n) is 4.51. The van der Waals surface area contributed by atoms with Gasteiger partial charge in [-0.25, -0.2) is 13.2 Å². The molecule has 1 aromatic carbocycles. The van der Waals surface area contributed by atoms with Crippen LogP contribution in [0.5, 0.6) is 5.75 Å². The van der Waals surface area contributed by atoms with Crippen LogP contribution in [0.25, 0.3) is 0 Å². The van der Waals surface area contributed by atoms with E-state index in [-0.39, 0.29) is 28.3 Å². The van der Waals surface area contributed by atoms with Crippen LogP contribution < -0.4 is 10.1 Å². The zero-order valence-electron chi connectivity index (χ0n) is 16.7. The van der Waals surface area contributed by atoms with Crippen LogP contribution in [-0.4, -0.2) is 56.9 Å². The van der Waals surface area contributed by atoms with Crippen molar-refractivity contribution in [1.82, 2.24) is 9.62 Å². The molecule has 0 radical (unpaired) electrons. The molecule has 0 saturated carbocycles. The standard InChI is InChI=1S/C19H28N2O6S/c1-13(2)20-18(22)12-27-19(23)15-8-9-16(26-4)17(11-15)28(24,25)21-10-6-5-7-14(21)3/h8-9,11,13-14H,5-7,10,12H2,1-4H3,(H,20,22)/t14-/m0/s1. The number of sulfonamides is 1. The van der Waals surface area contributed by atoms with Crippen molar-refractivity contribution < 1.29 is 27.5 Å². The van der Waals surface area contributed by atoms with Crippen molar-refractivity contribution in [2.75, 3.05) is 20.3 Å². The van der Waals surface area contributed by atoms with Crippen molar-refractivity contribution >= 4 is 21.9 Å². The van der Waals surface area contributed by atoms with Crippen LogP contribution in [0.1, 0.15) is 50.4 Å². The molecular formula is C19H28N2O6S. The Hall–Kier alpha value is -2.13. The minimum Gasteiger partial charge on any atom is -0.495 e. The minimum atomic E-state index is -3.84. The van der Waals surface area contributed by atoms with Crippen molar-refractivity contribution in [3.8, 4) is 5.75 Å². The van der Waals surface area contributed by atoms with Crippen LogP contribution >= 0.6 is 0 Å². The highest BCUT2D eigenvalue weighted by molar-refractivity contribution is 7.89. The van der Waals surface area contributed by atoms with Crippen LogP contribution in [0.15, 0.2) is 23.1 Å². The number of esters is 1. The van der Waals surface area contributed by atoms with Gasteiger partial charge in [0.2, 0.25) is 10.0 Å². The fraction of sp³-hybridized carbons (Fsp3) is 0.579. The molecule has 1 fully saturated rings. The lowest BCUT2D eigenvalue weighted by Crippen LogP contribution is -2.42. The molecule has 1 amide bonds. The summed E-state index contributed by atoms with van der Waals surface area (Å²) in [6.07, 6.45) is 2.56. The number of piperidine rings is 1. The highest BCUT2D eigenvalue weighted by Gasteiger charge is 2.33. The quantitative estimate of drug-likeness (QED) is 0.687. The van der Waals surface area contributed by atoms with E-state index in [9.17, 15) is 18.0 Å². The molecule has 0 spiro atoms. The number of benzene rings is 1. The van der Waals surface area contributed by atoms with E-state index in [2.05, 4.69) is 5.32 Å². The normalized spacial score (nSPS) is 18.0. The average molecular weight is 413 g/mol. The number of carbonyl (C=O) groups excluding carboxylic acids is 2. The van der Waals surface area contributed by atoms with Crippen molar-refractivity contribution in [2.24, 2.45) is 0 Å². The summed E-state index contributed by atoms with van der Waals surface area (Å²) in [7, 11) is -2.46. The molecule has 8 nitrogen and oxygen atoms in total. The summed E-state index contributed by atoms with van der Waals surface area (Å²) < 4.78 is 38.0. The highest BCUT2D eigenvalue weighted by Crippen LogP contribution is 2.31. The number of nitrogens with zero attached hydrogens (tertiary/aromatic N) is 1. The first-order valence-corrected chi connectivity index (χ1v) is 10.8. The summed E-state index contributed by atoms with van der Waals surface area (Å²) in [5.41, 5.74) is 0.0429. The third kappa shape index (κ3) is 5.23. The molecule has 9 heteroatoms. The summed E-state index contributed by atoms with van der Waals surface area (Å²) in [4.78, 5) is 23.9. The Bertz CT molecular complexity index is 822. The Morgan fingerprint density at radius 1 is 1.29 bits per heavy atom. The molecule has 1 atom stereocenters. The maximum atomic E-state index is 13.2. The van der Waals surface area contributed by atoms with Gasteiger partial charge in [-0.15, -0.1) is 0 Å². The van der Waals surface area contributed by atoms with Crippen molar-refractivity contribution in [3.63, 3.8) is 0 Å². The molecule has 1 heterocycles. The van der Waals surface area contributed by atoms with E-state index in [1.165, 1.54) is 29.6 Å². The van der Waals surface area contributed by atoms with E-state index in [4.69, 9.17) is 9.47 Å². The molecule has 0 aliphatic carbocycles. The minimum absolute atomic E-state index is 0.0429. The summed E-state index contributed by atoms with van der Waals surface area (Å²) in [5, 5.41) is 2.61. The summed E-state index contributed by atoms with van der Waals surface area (Å²) in [6.45, 7) is 5.45. The molecule has 28 heavy (non-hydrogen) atoms. The second-order valence-corrected chi connectivity index (χ2v) is 8.98. The van der Waals surface area contributed by atoms with E-state index in [1.807, 2.05) is 6.92 Å². The van der Waals surface area contributed by atoms with E-state index >= 15 is 0 Å². The number of ether oxygens (including phenoxy) is 2. The molecule has 2 rings (SSSR count). The predicted molar refractivity (Wildman–Crippen MR) is 104 cm³/mol. The van der Waals surface area contributed by atoms with Gasteiger partial charge in [0, 0.05) is 18.6 Å². The number of nitrogens with one attached hydrogen (secondary N) is 1. The lowest BCUT2D eigenvalue weighted by atomic mass is 10.1. The van der Waals surface area contributed by atoms with E-state index in [0.29, 0.717) is 6.54 Å². The topological polar surface area (TPSA) is 102 Å². The fourth-order valence-corrected chi connectivity index (χ4v) is 5.02. The van der Waals surface area contributed by atoms with Crippen molar-refractivity contribution in [2.45, 2.75) is 57.0 Å². The number of rotatable bonds is 7. The van der Waals surface area contributed by atoms with E-state index in [1.54, 1.807) is 13.8 Å². The van der Waals surface area contributed by atoms with Gasteiger partial charge in [-0.1, -0.05) is 6.42 Å². The molecule has 1 N–H and O–H groups in total. The number of amides is 1.